The zero-order valence-corrected chi connectivity index (χ0v) is 8.12. The van der Waals surface area contributed by atoms with E-state index in [0.29, 0.717) is 0 Å². The molecule has 0 aromatic heterocycles. The van der Waals surface area contributed by atoms with Gasteiger partial charge in [-0.3, -0.25) is 4.90 Å². The Morgan fingerprint density at radius 3 is 2.69 bits per heavy atom. The van der Waals surface area contributed by atoms with E-state index in [9.17, 15) is 5.11 Å². The molecule has 0 saturated carbocycles. The lowest BCUT2D eigenvalue weighted by molar-refractivity contribution is -0.0871. The Morgan fingerprint density at radius 2 is 2.00 bits per heavy atom. The normalized spacial score (nSPS) is 26.5. The van der Waals surface area contributed by atoms with Crippen LogP contribution in [0.2, 0.25) is 0 Å². The molecule has 1 atom stereocenters. The molecule has 0 fully saturated rings. The summed E-state index contributed by atoms with van der Waals surface area (Å²) in [6.45, 7) is 0. The number of fused-ring (bicyclic) bond motifs is 1. The summed E-state index contributed by atoms with van der Waals surface area (Å²) in [7, 11) is 3.84. The smallest absolute Gasteiger partial charge is 0.144 e. The van der Waals surface area contributed by atoms with Crippen molar-refractivity contribution in [2.75, 3.05) is 14.1 Å². The summed E-state index contributed by atoms with van der Waals surface area (Å²) >= 11 is 0. The van der Waals surface area contributed by atoms with Gasteiger partial charge in [-0.05, 0) is 32.5 Å². The van der Waals surface area contributed by atoms with Crippen molar-refractivity contribution in [2.45, 2.75) is 18.6 Å². The molecule has 70 valence electrons. The Morgan fingerprint density at radius 1 is 1.31 bits per heavy atom. The lowest BCUT2D eigenvalue weighted by Crippen LogP contribution is -2.39. The fourth-order valence-electron chi connectivity index (χ4n) is 2.04. The number of hydrogen-bond acceptors (Lipinski definition) is 2. The van der Waals surface area contributed by atoms with Crippen LogP contribution < -0.4 is 0 Å². The Labute approximate surface area is 78.8 Å². The van der Waals surface area contributed by atoms with Crippen molar-refractivity contribution in [3.05, 3.63) is 35.4 Å². The molecule has 1 unspecified atom stereocenters. The van der Waals surface area contributed by atoms with E-state index < -0.39 is 5.72 Å². The topological polar surface area (TPSA) is 23.5 Å². The van der Waals surface area contributed by atoms with Crippen LogP contribution in [-0.4, -0.2) is 24.1 Å². The van der Waals surface area contributed by atoms with Crippen LogP contribution >= 0.6 is 0 Å². The molecule has 2 heteroatoms. The molecule has 0 radical (unpaired) electrons. The van der Waals surface area contributed by atoms with Crippen LogP contribution in [0.4, 0.5) is 0 Å². The van der Waals surface area contributed by atoms with Crippen LogP contribution in [0.5, 0.6) is 0 Å². The van der Waals surface area contributed by atoms with Gasteiger partial charge in [0.2, 0.25) is 0 Å². The van der Waals surface area contributed by atoms with Gasteiger partial charge in [-0.25, -0.2) is 0 Å². The van der Waals surface area contributed by atoms with Crippen molar-refractivity contribution in [1.29, 1.82) is 0 Å². The first kappa shape index (κ1) is 8.73. The van der Waals surface area contributed by atoms with Gasteiger partial charge in [0.15, 0.2) is 0 Å². The predicted octanol–water partition coefficient (Wildman–Crippen LogP) is 1.34. The van der Waals surface area contributed by atoms with Gasteiger partial charge in [-0.15, -0.1) is 0 Å². The Balaban J connectivity index is 2.49. The number of benzene rings is 1. The summed E-state index contributed by atoms with van der Waals surface area (Å²) in [6, 6.07) is 8.12. The van der Waals surface area contributed by atoms with Crippen molar-refractivity contribution in [3.8, 4) is 0 Å². The maximum absolute atomic E-state index is 10.3. The first-order valence-corrected chi connectivity index (χ1v) is 4.63. The highest BCUT2D eigenvalue weighted by atomic mass is 16.3. The number of nitrogens with zero attached hydrogens (tertiary/aromatic N) is 1. The summed E-state index contributed by atoms with van der Waals surface area (Å²) in [5.74, 6) is 0. The van der Waals surface area contributed by atoms with E-state index in [1.807, 2.05) is 37.2 Å². The van der Waals surface area contributed by atoms with Crippen molar-refractivity contribution in [3.63, 3.8) is 0 Å². The third kappa shape index (κ3) is 1.18. The van der Waals surface area contributed by atoms with Crippen LogP contribution in [-0.2, 0) is 12.1 Å². The molecular weight excluding hydrogens is 162 g/mol. The Kier molecular flexibility index (Phi) is 1.90. The third-order valence-electron chi connectivity index (χ3n) is 2.93. The van der Waals surface area contributed by atoms with Crippen LogP contribution in [0, 0.1) is 0 Å². The largest absolute Gasteiger partial charge is 0.371 e. The number of aliphatic hydroxyl groups is 1. The molecule has 1 N–H and O–H groups in total. The van der Waals surface area contributed by atoms with Gasteiger partial charge in [-0.1, -0.05) is 24.3 Å². The van der Waals surface area contributed by atoms with E-state index in [1.165, 1.54) is 5.56 Å². The van der Waals surface area contributed by atoms with Gasteiger partial charge in [-0.2, -0.15) is 0 Å². The number of aryl methyl sites for hydroxylation is 1. The molecule has 0 bridgehead atoms. The molecule has 2 nitrogen and oxygen atoms in total. The molecular formula is C11H15NO. The first-order chi connectivity index (χ1) is 6.14. The monoisotopic (exact) mass is 177 g/mol. The SMILES string of the molecule is CN(C)C1(O)CCc2ccccc21. The molecule has 1 aliphatic carbocycles. The molecule has 0 spiro atoms. The van der Waals surface area contributed by atoms with Crippen molar-refractivity contribution in [2.24, 2.45) is 0 Å². The van der Waals surface area contributed by atoms with E-state index in [1.54, 1.807) is 0 Å². The molecule has 1 aliphatic rings. The van der Waals surface area contributed by atoms with Gasteiger partial charge in [0.25, 0.3) is 0 Å². The second-order valence-corrected chi connectivity index (χ2v) is 3.87. The second kappa shape index (κ2) is 2.82. The quantitative estimate of drug-likeness (QED) is 0.654. The van der Waals surface area contributed by atoms with Gasteiger partial charge in [0.1, 0.15) is 5.72 Å². The third-order valence-corrected chi connectivity index (χ3v) is 2.93. The van der Waals surface area contributed by atoms with Crippen molar-refractivity contribution >= 4 is 0 Å². The lowest BCUT2D eigenvalue weighted by atomic mass is 10.0. The standard InChI is InChI=1S/C11H15NO/c1-12(2)11(13)8-7-9-5-3-4-6-10(9)11/h3-6,13H,7-8H2,1-2H3. The van der Waals surface area contributed by atoms with Crippen molar-refractivity contribution in [1.82, 2.24) is 4.90 Å². The van der Waals surface area contributed by atoms with Crippen LogP contribution in [0.25, 0.3) is 0 Å². The molecule has 1 aromatic carbocycles. The summed E-state index contributed by atoms with van der Waals surface area (Å²) in [4.78, 5) is 1.89. The van der Waals surface area contributed by atoms with Crippen LogP contribution in [0.1, 0.15) is 17.5 Å². The summed E-state index contributed by atoms with van der Waals surface area (Å²) in [5.41, 5.74) is 1.61. The van der Waals surface area contributed by atoms with E-state index in [-0.39, 0.29) is 0 Å². The maximum Gasteiger partial charge on any atom is 0.144 e. The molecule has 0 aliphatic heterocycles. The van der Waals surface area contributed by atoms with Gasteiger partial charge in [0, 0.05) is 5.56 Å². The first-order valence-electron chi connectivity index (χ1n) is 4.63. The zero-order valence-electron chi connectivity index (χ0n) is 8.12. The highest BCUT2D eigenvalue weighted by molar-refractivity contribution is 5.36. The summed E-state index contributed by atoms with van der Waals surface area (Å²) in [5, 5.41) is 10.3. The van der Waals surface area contributed by atoms with Crippen LogP contribution in [0.3, 0.4) is 0 Å². The molecule has 0 amide bonds. The second-order valence-electron chi connectivity index (χ2n) is 3.87. The highest BCUT2D eigenvalue weighted by Crippen LogP contribution is 2.37. The Bertz CT molecular complexity index is 322. The molecule has 2 rings (SSSR count). The molecule has 13 heavy (non-hydrogen) atoms. The van der Waals surface area contributed by atoms with Crippen molar-refractivity contribution < 1.29 is 5.11 Å². The minimum Gasteiger partial charge on any atom is -0.371 e. The fraction of sp³-hybridized carbons (Fsp3) is 0.455. The molecule has 0 saturated heterocycles. The predicted molar refractivity (Wildman–Crippen MR) is 52.3 cm³/mol. The van der Waals surface area contributed by atoms with Gasteiger partial charge >= 0.3 is 0 Å². The van der Waals surface area contributed by atoms with E-state index >= 15 is 0 Å². The number of hydrogen-bond donors (Lipinski definition) is 1. The summed E-state index contributed by atoms with van der Waals surface area (Å²) in [6.07, 6.45) is 1.78. The molecule has 1 aromatic rings. The number of rotatable bonds is 1. The van der Waals surface area contributed by atoms with Gasteiger partial charge < -0.3 is 5.11 Å². The fourth-order valence-corrected chi connectivity index (χ4v) is 2.04. The minimum atomic E-state index is -0.739. The summed E-state index contributed by atoms with van der Waals surface area (Å²) < 4.78 is 0. The van der Waals surface area contributed by atoms with E-state index in [2.05, 4.69) is 6.07 Å². The lowest BCUT2D eigenvalue weighted by Gasteiger charge is -2.31. The minimum absolute atomic E-state index is 0.739. The van der Waals surface area contributed by atoms with Gasteiger partial charge in [0.05, 0.1) is 0 Å². The maximum atomic E-state index is 10.3. The van der Waals surface area contributed by atoms with Crippen LogP contribution in [0.15, 0.2) is 24.3 Å². The average molecular weight is 177 g/mol. The molecule has 0 heterocycles. The van der Waals surface area contributed by atoms with E-state index in [0.717, 1.165) is 18.4 Å². The zero-order chi connectivity index (χ0) is 9.47. The van der Waals surface area contributed by atoms with E-state index in [4.69, 9.17) is 0 Å². The Hall–Kier alpha value is -0.860. The average Bonchev–Trinajstić information content (AvgIpc) is 2.47. The highest BCUT2D eigenvalue weighted by Gasteiger charge is 2.38.